The van der Waals surface area contributed by atoms with Crippen LogP contribution in [-0.2, 0) is 18.4 Å². The van der Waals surface area contributed by atoms with Gasteiger partial charge in [0.1, 0.15) is 11.6 Å². The molecule has 1 amide bonds. The number of hydrogen-bond acceptors (Lipinski definition) is 5. The second-order valence-electron chi connectivity index (χ2n) is 11.2. The average Bonchev–Trinajstić information content (AvgIpc) is 3.59. The van der Waals surface area contributed by atoms with E-state index >= 15 is 4.39 Å². The molecule has 1 N–H and O–H groups in total. The molecule has 37 heavy (non-hydrogen) atoms. The third kappa shape index (κ3) is 3.96. The minimum atomic E-state index is -0.332. The number of fused-ring (bicyclic) bond motifs is 1. The summed E-state index contributed by atoms with van der Waals surface area (Å²) in [5, 5.41) is 4.20. The topological polar surface area (TPSA) is 79.7 Å². The molecule has 0 saturated carbocycles. The highest BCUT2D eigenvalue weighted by atomic mass is 32.2. The Morgan fingerprint density at radius 3 is 2.70 bits per heavy atom. The second kappa shape index (κ2) is 8.28. The van der Waals surface area contributed by atoms with Crippen molar-refractivity contribution in [1.82, 2.24) is 29.6 Å². The summed E-state index contributed by atoms with van der Waals surface area (Å²) in [6.07, 6.45) is 6.18. The predicted octanol–water partition coefficient (Wildman–Crippen LogP) is 5.70. The Bertz CT molecular complexity index is 1600. The Hall–Kier alpha value is -3.46. The molecular formula is C28H29FN6OS. The van der Waals surface area contributed by atoms with E-state index in [1.165, 1.54) is 11.6 Å². The van der Waals surface area contributed by atoms with Crippen molar-refractivity contribution in [3.05, 3.63) is 64.7 Å². The summed E-state index contributed by atoms with van der Waals surface area (Å²) in [5.41, 5.74) is 5.46. The van der Waals surface area contributed by atoms with Gasteiger partial charge in [0.05, 0.1) is 22.2 Å². The van der Waals surface area contributed by atoms with E-state index < -0.39 is 0 Å². The van der Waals surface area contributed by atoms with Gasteiger partial charge in [-0.05, 0) is 42.0 Å². The molecule has 1 aromatic carbocycles. The van der Waals surface area contributed by atoms with Gasteiger partial charge < -0.3 is 9.88 Å². The Kier molecular flexibility index (Phi) is 5.35. The van der Waals surface area contributed by atoms with Gasteiger partial charge in [0.25, 0.3) is 5.91 Å². The van der Waals surface area contributed by atoms with E-state index in [0.29, 0.717) is 23.6 Å². The van der Waals surface area contributed by atoms with Gasteiger partial charge >= 0.3 is 0 Å². The molecule has 1 unspecified atom stereocenters. The van der Waals surface area contributed by atoms with Crippen LogP contribution in [0.5, 0.6) is 0 Å². The van der Waals surface area contributed by atoms with Crippen molar-refractivity contribution < 1.29 is 9.18 Å². The molecule has 7 nitrogen and oxygen atoms in total. The lowest BCUT2D eigenvalue weighted by Crippen LogP contribution is -2.37. The van der Waals surface area contributed by atoms with E-state index in [9.17, 15) is 4.79 Å². The fraction of sp³-hybridized carbons (Fsp3) is 0.357. The van der Waals surface area contributed by atoms with Crippen LogP contribution < -0.4 is 0 Å². The first kappa shape index (κ1) is 23.9. The summed E-state index contributed by atoms with van der Waals surface area (Å²) in [6, 6.07) is 7.05. The first-order valence-corrected chi connectivity index (χ1v) is 13.2. The number of H-pyrrole nitrogens is 1. The number of nitrogens with one attached hydrogen (secondary N) is 1. The number of aryl methyl sites for hydroxylation is 1. The molecule has 1 atom stereocenters. The molecular weight excluding hydrogens is 487 g/mol. The van der Waals surface area contributed by atoms with Gasteiger partial charge in [-0.2, -0.15) is 5.10 Å². The lowest BCUT2D eigenvalue weighted by molar-refractivity contribution is -0.125. The molecule has 2 aliphatic rings. The van der Waals surface area contributed by atoms with E-state index in [1.807, 2.05) is 25.4 Å². The number of pyridine rings is 1. The number of nitrogens with zero attached hydrogens (tertiary/aromatic N) is 5. The number of carbonyl (C=O) groups is 1. The quantitative estimate of drug-likeness (QED) is 0.376. The first-order valence-electron chi connectivity index (χ1n) is 12.4. The van der Waals surface area contributed by atoms with Gasteiger partial charge in [0.15, 0.2) is 5.65 Å². The molecule has 0 saturated heterocycles. The van der Waals surface area contributed by atoms with Crippen LogP contribution >= 0.6 is 11.8 Å². The number of aromatic nitrogens is 5. The number of benzene rings is 1. The zero-order chi connectivity index (χ0) is 26.1. The molecule has 4 aromatic rings. The number of thioether (sulfide) groups is 1. The third-order valence-corrected chi connectivity index (χ3v) is 9.62. The van der Waals surface area contributed by atoms with Crippen LogP contribution in [0.25, 0.3) is 33.7 Å². The molecule has 190 valence electrons. The number of aromatic amines is 1. The van der Waals surface area contributed by atoms with Crippen molar-refractivity contribution in [2.75, 3.05) is 6.54 Å². The van der Waals surface area contributed by atoms with Gasteiger partial charge in [-0.15, -0.1) is 11.8 Å². The molecule has 2 aliphatic heterocycles. The maximum absolute atomic E-state index is 15.3. The van der Waals surface area contributed by atoms with Crippen molar-refractivity contribution in [3.63, 3.8) is 0 Å². The number of amides is 1. The van der Waals surface area contributed by atoms with E-state index in [0.717, 1.165) is 33.5 Å². The van der Waals surface area contributed by atoms with Crippen LogP contribution in [0.2, 0.25) is 0 Å². The zero-order valence-electron chi connectivity index (χ0n) is 21.6. The molecule has 0 fully saturated rings. The first-order chi connectivity index (χ1) is 17.5. The Labute approximate surface area is 219 Å². The van der Waals surface area contributed by atoms with E-state index in [1.54, 1.807) is 39.8 Å². The van der Waals surface area contributed by atoms with Crippen LogP contribution in [0.4, 0.5) is 4.39 Å². The fourth-order valence-corrected chi connectivity index (χ4v) is 6.52. The molecule has 0 aliphatic carbocycles. The highest BCUT2D eigenvalue weighted by Crippen LogP contribution is 2.57. The van der Waals surface area contributed by atoms with Gasteiger partial charge in [-0.25, -0.2) is 14.4 Å². The number of carbonyl (C=O) groups excluding carboxylic acids is 1. The van der Waals surface area contributed by atoms with Crippen LogP contribution in [0.3, 0.4) is 0 Å². The van der Waals surface area contributed by atoms with Crippen molar-refractivity contribution in [2.24, 2.45) is 12.5 Å². The lowest BCUT2D eigenvalue weighted by Gasteiger charge is -2.39. The summed E-state index contributed by atoms with van der Waals surface area (Å²) in [5.74, 6) is 0.350. The van der Waals surface area contributed by atoms with Gasteiger partial charge in [0.2, 0.25) is 0 Å². The molecule has 6 rings (SSSR count). The van der Waals surface area contributed by atoms with E-state index in [2.05, 4.69) is 47.7 Å². The Morgan fingerprint density at radius 2 is 2.03 bits per heavy atom. The van der Waals surface area contributed by atoms with Crippen molar-refractivity contribution in [3.8, 4) is 22.5 Å². The van der Waals surface area contributed by atoms with Gasteiger partial charge in [0, 0.05) is 48.4 Å². The molecule has 0 spiro atoms. The highest BCUT2D eigenvalue weighted by molar-refractivity contribution is 8.05. The van der Waals surface area contributed by atoms with Crippen LogP contribution in [0.1, 0.15) is 39.7 Å². The smallest absolute Gasteiger partial charge is 0.260 e. The minimum Gasteiger partial charge on any atom is -0.336 e. The molecule has 9 heteroatoms. The largest absolute Gasteiger partial charge is 0.336 e. The SMILES string of the molecule is Cn1cc(-c2nc3nccc(-c4ccc(CN5CC6=C(SC(C)(C(C)(C)C)C6)C5=O)c(F)c4)c3[nH]2)cn1. The van der Waals surface area contributed by atoms with Crippen LogP contribution in [0.15, 0.2) is 53.3 Å². The number of halogens is 1. The van der Waals surface area contributed by atoms with Crippen LogP contribution in [0, 0.1) is 11.2 Å². The average molecular weight is 517 g/mol. The summed E-state index contributed by atoms with van der Waals surface area (Å²) in [7, 11) is 1.85. The second-order valence-corrected chi connectivity index (χ2v) is 12.7. The maximum Gasteiger partial charge on any atom is 0.260 e. The van der Waals surface area contributed by atoms with Crippen LogP contribution in [-0.4, -0.2) is 46.8 Å². The standard InChI is InChI=1S/C28H29FN6OS/c1-27(2,3)28(4)11-18-15-35(26(36)23(18)37-28)14-17-7-6-16(10-21(17)29)20-8-9-30-25-22(20)32-24(33-25)19-12-31-34(5)13-19/h6-10,12-13H,11,14-15H2,1-5H3,(H,30,32,33). The number of rotatable bonds is 4. The Morgan fingerprint density at radius 1 is 1.22 bits per heavy atom. The van der Waals surface area contributed by atoms with Gasteiger partial charge in [-0.1, -0.05) is 32.9 Å². The van der Waals surface area contributed by atoms with Gasteiger partial charge in [-0.3, -0.25) is 9.48 Å². The molecule has 3 aromatic heterocycles. The summed E-state index contributed by atoms with van der Waals surface area (Å²) < 4.78 is 17.1. The third-order valence-electron chi connectivity index (χ3n) is 7.74. The van der Waals surface area contributed by atoms with E-state index in [4.69, 9.17) is 0 Å². The molecule has 0 radical (unpaired) electrons. The predicted molar refractivity (Wildman–Crippen MR) is 144 cm³/mol. The summed E-state index contributed by atoms with van der Waals surface area (Å²) in [4.78, 5) is 28.1. The monoisotopic (exact) mass is 516 g/mol. The minimum absolute atomic E-state index is 0.00571. The lowest BCUT2D eigenvalue weighted by atomic mass is 9.78. The Balaban J connectivity index is 1.23. The van der Waals surface area contributed by atoms with Crippen molar-refractivity contribution >= 4 is 28.8 Å². The maximum atomic E-state index is 15.3. The normalized spacial score (nSPS) is 19.9. The van der Waals surface area contributed by atoms with Crippen molar-refractivity contribution in [1.29, 1.82) is 0 Å². The summed E-state index contributed by atoms with van der Waals surface area (Å²) in [6.45, 7) is 9.74. The molecule has 5 heterocycles. The summed E-state index contributed by atoms with van der Waals surface area (Å²) >= 11 is 1.69. The number of hydrogen-bond donors (Lipinski definition) is 1. The fourth-order valence-electron chi connectivity index (χ4n) is 5.02. The highest BCUT2D eigenvalue weighted by Gasteiger charge is 2.49. The number of imidazole rings is 1. The zero-order valence-corrected chi connectivity index (χ0v) is 22.4. The van der Waals surface area contributed by atoms with E-state index in [-0.39, 0.29) is 28.4 Å². The van der Waals surface area contributed by atoms with Crippen molar-refractivity contribution in [2.45, 2.75) is 45.4 Å². The molecule has 0 bridgehead atoms.